The van der Waals surface area contributed by atoms with Crippen LogP contribution >= 0.6 is 0 Å². The number of aryl methyl sites for hydroxylation is 1. The van der Waals surface area contributed by atoms with Crippen LogP contribution < -0.4 is 10.6 Å². The van der Waals surface area contributed by atoms with Crippen molar-refractivity contribution in [3.8, 4) is 11.8 Å². The number of nitrogens with two attached hydrogens (primary N) is 1. The van der Waals surface area contributed by atoms with Crippen molar-refractivity contribution in [2.45, 2.75) is 20.8 Å². The number of anilines is 1. The molecule has 4 heteroatoms. The zero-order chi connectivity index (χ0) is 19.3. The van der Waals surface area contributed by atoms with Crippen LogP contribution in [0.1, 0.15) is 40.9 Å². The summed E-state index contributed by atoms with van der Waals surface area (Å²) in [5, 5.41) is 7.52. The first-order valence-electron chi connectivity index (χ1n) is 8.59. The van der Waals surface area contributed by atoms with E-state index in [0.29, 0.717) is 12.1 Å². The molecule has 134 valence electrons. The van der Waals surface area contributed by atoms with E-state index in [1.165, 1.54) is 0 Å². The molecule has 0 spiro atoms. The predicted octanol–water partition coefficient (Wildman–Crippen LogP) is 3.61. The maximum absolute atomic E-state index is 12.1. The minimum Gasteiger partial charge on any atom is -0.384 e. The van der Waals surface area contributed by atoms with E-state index in [4.69, 9.17) is 11.1 Å². The zero-order valence-electron chi connectivity index (χ0n) is 15.8. The topological polar surface area (TPSA) is 70.2 Å². The Morgan fingerprint density at radius 1 is 1.23 bits per heavy atom. The molecule has 0 fully saturated rings. The number of nitrogens with one attached hydrogen (secondary N) is 1. The van der Waals surface area contributed by atoms with Crippen molar-refractivity contribution in [2.75, 3.05) is 18.5 Å². The summed E-state index contributed by atoms with van der Waals surface area (Å²) in [5.41, 5.74) is 9.82. The predicted molar refractivity (Wildman–Crippen MR) is 108 cm³/mol. The van der Waals surface area contributed by atoms with Crippen LogP contribution in [0.25, 0.3) is 0 Å². The Balaban J connectivity index is 2.10. The number of nitrogen functional groups attached to an aromatic ring is 1. The van der Waals surface area contributed by atoms with Crippen LogP contribution in [0.15, 0.2) is 42.5 Å². The van der Waals surface area contributed by atoms with Gasteiger partial charge in [-0.25, -0.2) is 0 Å². The smallest absolute Gasteiger partial charge is 0.165 e. The molecule has 0 bridgehead atoms. The number of carbonyl (C=O) groups excluding carboxylic acids is 1. The lowest BCUT2D eigenvalue weighted by atomic mass is 9.96. The number of carbonyl (C=O) groups is 1. The third kappa shape index (κ3) is 4.73. The summed E-state index contributed by atoms with van der Waals surface area (Å²) in [7, 11) is 1.95. The Labute approximate surface area is 155 Å². The first kappa shape index (κ1) is 19.3. The van der Waals surface area contributed by atoms with Gasteiger partial charge >= 0.3 is 0 Å². The van der Waals surface area contributed by atoms with Crippen LogP contribution in [-0.2, 0) is 0 Å². The molecular weight excluding hydrogens is 322 g/mol. The van der Waals surface area contributed by atoms with Crippen LogP contribution in [-0.4, -0.2) is 25.2 Å². The molecule has 0 aliphatic rings. The van der Waals surface area contributed by atoms with Crippen LogP contribution in [0.4, 0.5) is 5.69 Å². The number of hydrogen-bond donors (Lipinski definition) is 2. The van der Waals surface area contributed by atoms with E-state index < -0.39 is 0 Å². The van der Waals surface area contributed by atoms with E-state index in [0.717, 1.165) is 22.4 Å². The largest absolute Gasteiger partial charge is 0.384 e. The monoisotopic (exact) mass is 347 g/mol. The molecule has 0 aliphatic heterocycles. The maximum atomic E-state index is 12.1. The molecular formula is C22H25N3O. The number of ketones is 1. The summed E-state index contributed by atoms with van der Waals surface area (Å²) in [5.74, 6) is 6.51. The van der Waals surface area contributed by atoms with Gasteiger partial charge in [-0.3, -0.25) is 10.2 Å². The highest BCUT2D eigenvalue weighted by Crippen LogP contribution is 2.16. The number of hydrogen-bond acceptors (Lipinski definition) is 3. The lowest BCUT2D eigenvalue weighted by Crippen LogP contribution is -2.18. The zero-order valence-corrected chi connectivity index (χ0v) is 15.8. The molecule has 0 heterocycles. The molecule has 4 nitrogen and oxygen atoms in total. The van der Waals surface area contributed by atoms with Crippen molar-refractivity contribution in [1.29, 1.82) is 5.41 Å². The molecule has 0 saturated carbocycles. The minimum atomic E-state index is -0.00921. The van der Waals surface area contributed by atoms with Gasteiger partial charge in [-0.15, -0.1) is 0 Å². The molecule has 0 aliphatic carbocycles. The number of rotatable bonds is 5. The average molecular weight is 347 g/mol. The number of benzene rings is 2. The highest BCUT2D eigenvalue weighted by atomic mass is 16.1. The molecule has 0 saturated heterocycles. The summed E-state index contributed by atoms with van der Waals surface area (Å²) in [6.45, 7) is 6.31. The number of Topliss-reactive ketones (excluding diaryl/α,β-unsaturated/α-hetero) is 1. The van der Waals surface area contributed by atoms with Gasteiger partial charge in [0.25, 0.3) is 0 Å². The Hall–Kier alpha value is -3.06. The summed E-state index contributed by atoms with van der Waals surface area (Å²) in [6, 6.07) is 13.2. The summed E-state index contributed by atoms with van der Waals surface area (Å²) < 4.78 is 0. The van der Waals surface area contributed by atoms with E-state index in [1.54, 1.807) is 0 Å². The summed E-state index contributed by atoms with van der Waals surface area (Å²) >= 11 is 0. The molecule has 2 rings (SSSR count). The van der Waals surface area contributed by atoms with Crippen LogP contribution in [0.3, 0.4) is 0 Å². The van der Waals surface area contributed by atoms with Crippen LogP contribution in [0.5, 0.6) is 0 Å². The van der Waals surface area contributed by atoms with Crippen molar-refractivity contribution < 1.29 is 4.79 Å². The first-order valence-corrected chi connectivity index (χ1v) is 8.59. The van der Waals surface area contributed by atoms with Crippen molar-refractivity contribution in [2.24, 2.45) is 11.7 Å². The second-order valence-electron chi connectivity index (χ2n) is 6.67. The normalized spacial score (nSPS) is 10.2. The Bertz CT molecular complexity index is 888. The molecule has 3 N–H and O–H groups in total. The Kier molecular flexibility index (Phi) is 6.19. The molecule has 26 heavy (non-hydrogen) atoms. The average Bonchev–Trinajstić information content (AvgIpc) is 2.61. The van der Waals surface area contributed by atoms with Gasteiger partial charge in [-0.1, -0.05) is 37.8 Å². The molecule has 0 aromatic heterocycles. The van der Waals surface area contributed by atoms with Crippen molar-refractivity contribution in [3.05, 3.63) is 64.7 Å². The van der Waals surface area contributed by atoms with E-state index >= 15 is 0 Å². The second kappa shape index (κ2) is 8.35. The Morgan fingerprint density at radius 3 is 2.58 bits per heavy atom. The second-order valence-corrected chi connectivity index (χ2v) is 6.67. The van der Waals surface area contributed by atoms with Gasteiger partial charge < -0.3 is 10.6 Å². The highest BCUT2D eigenvalue weighted by molar-refractivity contribution is 5.98. The van der Waals surface area contributed by atoms with Gasteiger partial charge in [0.1, 0.15) is 5.84 Å². The minimum absolute atomic E-state index is 0.00921. The molecule has 0 amide bonds. The van der Waals surface area contributed by atoms with Gasteiger partial charge in [0.05, 0.1) is 6.54 Å². The van der Waals surface area contributed by atoms with Crippen LogP contribution in [0.2, 0.25) is 0 Å². The van der Waals surface area contributed by atoms with Gasteiger partial charge in [0.15, 0.2) is 5.78 Å². The Morgan fingerprint density at radius 2 is 1.96 bits per heavy atom. The van der Waals surface area contributed by atoms with Crippen molar-refractivity contribution in [1.82, 2.24) is 0 Å². The standard InChI is InChI=1S/C22H25N3O/c1-15(2)21(26)20-11-10-17(13-16(20)3)7-6-12-25(4)19-9-5-8-18(14-19)22(23)24/h5,8-11,13-15H,12H2,1-4H3,(H3,23,24). The fourth-order valence-electron chi connectivity index (χ4n) is 2.59. The lowest BCUT2D eigenvalue weighted by molar-refractivity contribution is 0.0939. The van der Waals surface area contributed by atoms with Gasteiger partial charge in [0, 0.05) is 35.3 Å². The summed E-state index contributed by atoms with van der Waals surface area (Å²) in [6.07, 6.45) is 0. The highest BCUT2D eigenvalue weighted by Gasteiger charge is 2.12. The molecule has 0 radical (unpaired) electrons. The van der Waals surface area contributed by atoms with Crippen molar-refractivity contribution >= 4 is 17.3 Å². The van der Waals surface area contributed by atoms with E-state index in [1.807, 2.05) is 75.2 Å². The third-order valence-electron chi connectivity index (χ3n) is 4.16. The van der Waals surface area contributed by atoms with Gasteiger partial charge in [-0.05, 0) is 42.8 Å². The molecule has 2 aromatic carbocycles. The first-order chi connectivity index (χ1) is 12.3. The van der Waals surface area contributed by atoms with E-state index in [9.17, 15) is 4.79 Å². The fourth-order valence-corrected chi connectivity index (χ4v) is 2.59. The molecule has 2 aromatic rings. The maximum Gasteiger partial charge on any atom is 0.165 e. The molecule has 0 atom stereocenters. The lowest BCUT2D eigenvalue weighted by Gasteiger charge is -2.16. The SMILES string of the molecule is Cc1cc(C#CCN(C)c2cccc(C(=N)N)c2)ccc1C(=O)C(C)C. The quantitative estimate of drug-likeness (QED) is 0.376. The third-order valence-corrected chi connectivity index (χ3v) is 4.16. The summed E-state index contributed by atoms with van der Waals surface area (Å²) in [4.78, 5) is 14.1. The van der Waals surface area contributed by atoms with Gasteiger partial charge in [-0.2, -0.15) is 0 Å². The molecule has 0 unspecified atom stereocenters. The number of nitrogens with zero attached hydrogens (tertiary/aromatic N) is 1. The van der Waals surface area contributed by atoms with Crippen LogP contribution in [0, 0.1) is 30.1 Å². The van der Waals surface area contributed by atoms with Crippen molar-refractivity contribution in [3.63, 3.8) is 0 Å². The van der Waals surface area contributed by atoms with E-state index in [2.05, 4.69) is 11.8 Å². The fraction of sp³-hybridized carbons (Fsp3) is 0.273. The van der Waals surface area contributed by atoms with Gasteiger partial charge in [0.2, 0.25) is 0 Å². The number of amidine groups is 1. The van der Waals surface area contributed by atoms with E-state index in [-0.39, 0.29) is 17.5 Å².